The molecule has 1 aromatic heterocycles. The molecule has 0 saturated heterocycles. The van der Waals surface area contributed by atoms with Crippen molar-refractivity contribution in [3.8, 4) is 17.2 Å². The average Bonchev–Trinajstić information content (AvgIpc) is 2.66. The van der Waals surface area contributed by atoms with Crippen molar-refractivity contribution in [2.24, 2.45) is 5.10 Å². The second-order valence-corrected chi connectivity index (χ2v) is 6.81. The van der Waals surface area contributed by atoms with Gasteiger partial charge in [-0.05, 0) is 32.0 Å². The molecule has 29 heavy (non-hydrogen) atoms. The minimum atomic E-state index is -0.499. The maximum atomic E-state index is 12.0. The standard InChI is InChI=1S/C19H22N4O5S/c1-11-6-12(2)22-19(21-11)29-10-17(25)23-20-9-14-7-15(26-4)18(28-13(3)24)16(8-14)27-5/h6-9H,10H2,1-5H3,(H,23,25)/b20-9-. The summed E-state index contributed by atoms with van der Waals surface area (Å²) in [7, 11) is 2.88. The van der Waals surface area contributed by atoms with Gasteiger partial charge in [-0.25, -0.2) is 15.4 Å². The summed E-state index contributed by atoms with van der Waals surface area (Å²) in [6, 6.07) is 5.08. The van der Waals surface area contributed by atoms with Gasteiger partial charge in [-0.15, -0.1) is 0 Å². The maximum Gasteiger partial charge on any atom is 0.308 e. The Hall–Kier alpha value is -3.14. The van der Waals surface area contributed by atoms with Crippen LogP contribution in [0.3, 0.4) is 0 Å². The van der Waals surface area contributed by atoms with Crippen LogP contribution in [0.2, 0.25) is 0 Å². The fraction of sp³-hybridized carbons (Fsp3) is 0.316. The first-order chi connectivity index (χ1) is 13.8. The number of thioether (sulfide) groups is 1. The summed E-state index contributed by atoms with van der Waals surface area (Å²) >= 11 is 1.23. The number of hydrazone groups is 1. The third kappa shape index (κ3) is 6.75. The Kier molecular flexibility index (Phi) is 7.96. The number of nitrogens with one attached hydrogen (secondary N) is 1. The number of aromatic nitrogens is 2. The van der Waals surface area contributed by atoms with Crippen LogP contribution in [0.15, 0.2) is 28.5 Å². The lowest BCUT2D eigenvalue weighted by molar-refractivity contribution is -0.132. The Labute approximate surface area is 172 Å². The van der Waals surface area contributed by atoms with Crippen LogP contribution >= 0.6 is 11.8 Å². The van der Waals surface area contributed by atoms with Gasteiger partial charge < -0.3 is 14.2 Å². The quantitative estimate of drug-likeness (QED) is 0.174. The van der Waals surface area contributed by atoms with Crippen LogP contribution in [0.1, 0.15) is 23.9 Å². The molecule has 0 radical (unpaired) electrons. The minimum absolute atomic E-state index is 0.123. The molecule has 0 atom stereocenters. The Morgan fingerprint density at radius 2 is 1.69 bits per heavy atom. The molecule has 0 unspecified atom stereocenters. The van der Waals surface area contributed by atoms with Crippen molar-refractivity contribution in [3.63, 3.8) is 0 Å². The van der Waals surface area contributed by atoms with Gasteiger partial charge in [0.05, 0.1) is 26.2 Å². The van der Waals surface area contributed by atoms with Gasteiger partial charge in [0.1, 0.15) is 0 Å². The molecular weight excluding hydrogens is 396 g/mol. The number of hydrogen-bond acceptors (Lipinski definition) is 9. The second kappa shape index (κ2) is 10.4. The third-order valence-electron chi connectivity index (χ3n) is 3.43. The van der Waals surface area contributed by atoms with Crippen LogP contribution in [0.25, 0.3) is 0 Å². The summed E-state index contributed by atoms with van der Waals surface area (Å²) in [5.41, 5.74) is 4.71. The number of carbonyl (C=O) groups excluding carboxylic acids is 2. The van der Waals surface area contributed by atoms with Crippen molar-refractivity contribution >= 4 is 29.9 Å². The number of benzene rings is 1. The second-order valence-electron chi connectivity index (χ2n) is 5.86. The van der Waals surface area contributed by atoms with E-state index < -0.39 is 5.97 Å². The van der Waals surface area contributed by atoms with E-state index in [2.05, 4.69) is 20.5 Å². The largest absolute Gasteiger partial charge is 0.493 e. The Morgan fingerprint density at radius 3 is 2.21 bits per heavy atom. The number of ether oxygens (including phenoxy) is 3. The SMILES string of the molecule is COc1cc(/C=N\NC(=O)CSc2nc(C)cc(C)n2)cc(OC)c1OC(C)=O. The molecule has 1 heterocycles. The molecule has 1 aromatic carbocycles. The van der Waals surface area contributed by atoms with Gasteiger partial charge in [0, 0.05) is 23.9 Å². The third-order valence-corrected chi connectivity index (χ3v) is 4.27. The first-order valence-corrected chi connectivity index (χ1v) is 9.52. The maximum absolute atomic E-state index is 12.0. The van der Waals surface area contributed by atoms with Crippen LogP contribution in [0.5, 0.6) is 17.2 Å². The van der Waals surface area contributed by atoms with E-state index in [0.29, 0.717) is 22.2 Å². The number of amides is 1. The van der Waals surface area contributed by atoms with Crippen molar-refractivity contribution in [1.82, 2.24) is 15.4 Å². The summed E-state index contributed by atoms with van der Waals surface area (Å²) in [4.78, 5) is 31.8. The number of carbonyl (C=O) groups is 2. The van der Waals surface area contributed by atoms with E-state index in [4.69, 9.17) is 14.2 Å². The molecule has 0 fully saturated rings. The van der Waals surface area contributed by atoms with Gasteiger partial charge in [0.15, 0.2) is 16.7 Å². The topological polar surface area (TPSA) is 112 Å². The summed E-state index contributed by atoms with van der Waals surface area (Å²) in [5, 5.41) is 4.47. The number of nitrogens with zero attached hydrogens (tertiary/aromatic N) is 3. The van der Waals surface area contributed by atoms with Crippen molar-refractivity contribution < 1.29 is 23.8 Å². The van der Waals surface area contributed by atoms with Crippen molar-refractivity contribution in [1.29, 1.82) is 0 Å². The van der Waals surface area contributed by atoms with Gasteiger partial charge in [-0.3, -0.25) is 9.59 Å². The van der Waals surface area contributed by atoms with E-state index in [1.807, 2.05) is 19.9 Å². The molecule has 0 bridgehead atoms. The normalized spacial score (nSPS) is 10.7. The lowest BCUT2D eigenvalue weighted by Gasteiger charge is -2.13. The smallest absolute Gasteiger partial charge is 0.308 e. The highest BCUT2D eigenvalue weighted by molar-refractivity contribution is 7.99. The van der Waals surface area contributed by atoms with Crippen LogP contribution in [0, 0.1) is 13.8 Å². The summed E-state index contributed by atoms with van der Waals surface area (Å²) in [6.45, 7) is 5.03. The zero-order valence-electron chi connectivity index (χ0n) is 16.8. The summed E-state index contributed by atoms with van der Waals surface area (Å²) < 4.78 is 15.6. The minimum Gasteiger partial charge on any atom is -0.493 e. The Balaban J connectivity index is 2.01. The van der Waals surface area contributed by atoms with Crippen LogP contribution in [0.4, 0.5) is 0 Å². The Morgan fingerprint density at radius 1 is 1.10 bits per heavy atom. The summed E-state index contributed by atoms with van der Waals surface area (Å²) in [5.74, 6) is 0.0985. The van der Waals surface area contributed by atoms with Crippen molar-refractivity contribution in [3.05, 3.63) is 35.2 Å². The fourth-order valence-corrected chi connectivity index (χ4v) is 3.06. The Bertz CT molecular complexity index is 888. The van der Waals surface area contributed by atoms with Gasteiger partial charge in [0.25, 0.3) is 5.91 Å². The van der Waals surface area contributed by atoms with Crippen LogP contribution in [-0.4, -0.2) is 48.0 Å². The van der Waals surface area contributed by atoms with E-state index in [0.717, 1.165) is 11.4 Å². The number of rotatable bonds is 8. The van der Waals surface area contributed by atoms with Crippen LogP contribution < -0.4 is 19.6 Å². The molecular formula is C19H22N4O5S. The van der Waals surface area contributed by atoms with Crippen LogP contribution in [-0.2, 0) is 9.59 Å². The van der Waals surface area contributed by atoms with Gasteiger partial charge in [0.2, 0.25) is 5.75 Å². The van der Waals surface area contributed by atoms with Crippen molar-refractivity contribution in [2.45, 2.75) is 25.9 Å². The number of hydrogen-bond donors (Lipinski definition) is 1. The molecule has 0 aliphatic heterocycles. The highest BCUT2D eigenvalue weighted by Crippen LogP contribution is 2.38. The lowest BCUT2D eigenvalue weighted by Crippen LogP contribution is -2.19. The fourth-order valence-electron chi connectivity index (χ4n) is 2.32. The highest BCUT2D eigenvalue weighted by atomic mass is 32.2. The molecule has 1 N–H and O–H groups in total. The van der Waals surface area contributed by atoms with E-state index in [1.165, 1.54) is 39.1 Å². The number of esters is 1. The molecule has 2 aromatic rings. The predicted molar refractivity (Wildman–Crippen MR) is 109 cm³/mol. The van der Waals surface area contributed by atoms with E-state index in [1.54, 1.807) is 12.1 Å². The predicted octanol–water partition coefficient (Wildman–Crippen LogP) is 2.28. The zero-order valence-corrected chi connectivity index (χ0v) is 17.6. The number of methoxy groups -OCH3 is 2. The summed E-state index contributed by atoms with van der Waals surface area (Å²) in [6.07, 6.45) is 1.43. The van der Waals surface area contributed by atoms with Gasteiger partial charge in [-0.1, -0.05) is 11.8 Å². The molecule has 1 amide bonds. The average molecular weight is 418 g/mol. The van der Waals surface area contributed by atoms with Crippen molar-refractivity contribution in [2.75, 3.05) is 20.0 Å². The molecule has 10 heteroatoms. The van der Waals surface area contributed by atoms with E-state index in [-0.39, 0.29) is 17.4 Å². The molecule has 0 aliphatic carbocycles. The molecule has 154 valence electrons. The monoisotopic (exact) mass is 418 g/mol. The van der Waals surface area contributed by atoms with E-state index in [9.17, 15) is 9.59 Å². The first kappa shape index (κ1) is 22.2. The lowest BCUT2D eigenvalue weighted by atomic mass is 10.2. The zero-order chi connectivity index (χ0) is 21.4. The molecule has 9 nitrogen and oxygen atoms in total. The van der Waals surface area contributed by atoms with E-state index >= 15 is 0 Å². The van der Waals surface area contributed by atoms with Gasteiger partial charge >= 0.3 is 5.97 Å². The molecule has 0 saturated carbocycles. The number of aryl methyl sites for hydroxylation is 2. The first-order valence-electron chi connectivity index (χ1n) is 8.53. The van der Waals surface area contributed by atoms with Gasteiger partial charge in [-0.2, -0.15) is 5.10 Å². The molecule has 0 spiro atoms. The highest BCUT2D eigenvalue weighted by Gasteiger charge is 2.15. The molecule has 0 aliphatic rings. The molecule has 2 rings (SSSR count).